The summed E-state index contributed by atoms with van der Waals surface area (Å²) >= 11 is 3.20. The largest absolute Gasteiger partial charge is 0.481 e. The van der Waals surface area contributed by atoms with Crippen LogP contribution in [-0.2, 0) is 15.0 Å². The fourth-order valence-corrected chi connectivity index (χ4v) is 2.23. The number of carbonyl (C=O) groups excluding carboxylic acids is 1. The van der Waals surface area contributed by atoms with Crippen LogP contribution in [0.4, 0.5) is 0 Å². The minimum atomic E-state index is -1.09. The predicted molar refractivity (Wildman–Crippen MR) is 49.8 cm³/mol. The molecule has 1 aliphatic carbocycles. The van der Waals surface area contributed by atoms with E-state index in [1.165, 1.54) is 6.20 Å². The van der Waals surface area contributed by atoms with Crippen LogP contribution in [0.1, 0.15) is 18.5 Å². The number of hydrogen-bond donors (Lipinski definition) is 2. The lowest BCUT2D eigenvalue weighted by Gasteiger charge is -2.35. The van der Waals surface area contributed by atoms with Crippen molar-refractivity contribution in [1.29, 1.82) is 0 Å². The Hall–Kier alpha value is -1.17. The molecule has 6 heteroatoms. The number of hydrogen-bond acceptors (Lipinski definition) is 3. The van der Waals surface area contributed by atoms with Crippen molar-refractivity contribution in [2.24, 2.45) is 0 Å². The highest BCUT2D eigenvalue weighted by Crippen LogP contribution is 2.43. The molecule has 0 amide bonds. The molecule has 0 aliphatic heterocycles. The number of aromatic nitrogens is 2. The average Bonchev–Trinajstić information content (AvgIpc) is 2.45. The molecule has 2 N–H and O–H groups in total. The van der Waals surface area contributed by atoms with Gasteiger partial charge in [-0.1, -0.05) is 0 Å². The Morgan fingerprint density at radius 3 is 2.64 bits per heavy atom. The summed E-state index contributed by atoms with van der Waals surface area (Å²) in [7, 11) is 0. The molecular formula is C8H7BrN2O3. The van der Waals surface area contributed by atoms with Crippen LogP contribution in [-0.4, -0.2) is 27.1 Å². The van der Waals surface area contributed by atoms with Crippen LogP contribution < -0.4 is 0 Å². The summed E-state index contributed by atoms with van der Waals surface area (Å²) in [4.78, 5) is 22.0. The topological polar surface area (TPSA) is 83.0 Å². The highest BCUT2D eigenvalue weighted by atomic mass is 79.9. The van der Waals surface area contributed by atoms with Crippen LogP contribution in [0.2, 0.25) is 0 Å². The number of carbonyl (C=O) groups is 2. The predicted octanol–water partition coefficient (Wildman–Crippen LogP) is 0.857. The van der Waals surface area contributed by atoms with E-state index in [0.717, 1.165) is 0 Å². The summed E-state index contributed by atoms with van der Waals surface area (Å²) < 4.78 is 0.604. The minimum Gasteiger partial charge on any atom is -0.481 e. The van der Waals surface area contributed by atoms with E-state index in [4.69, 9.17) is 5.11 Å². The van der Waals surface area contributed by atoms with Crippen LogP contribution in [0.25, 0.3) is 0 Å². The molecule has 1 fully saturated rings. The Morgan fingerprint density at radius 1 is 1.64 bits per heavy atom. The number of nitrogens with one attached hydrogen (secondary N) is 1. The van der Waals surface area contributed by atoms with Crippen molar-refractivity contribution in [3.63, 3.8) is 0 Å². The molecule has 14 heavy (non-hydrogen) atoms. The third-order valence-electron chi connectivity index (χ3n) is 2.48. The van der Waals surface area contributed by atoms with E-state index < -0.39 is 11.4 Å². The Morgan fingerprint density at radius 2 is 2.29 bits per heavy atom. The van der Waals surface area contributed by atoms with Crippen molar-refractivity contribution < 1.29 is 14.7 Å². The second kappa shape index (κ2) is 2.91. The molecule has 1 aliphatic rings. The quantitative estimate of drug-likeness (QED) is 0.824. The van der Waals surface area contributed by atoms with Crippen LogP contribution in [0, 0.1) is 0 Å². The lowest BCUT2D eigenvalue weighted by Crippen LogP contribution is -2.48. The number of carboxylic acid groups (broad SMARTS) is 1. The van der Waals surface area contributed by atoms with E-state index in [1.807, 2.05) is 0 Å². The van der Waals surface area contributed by atoms with Gasteiger partial charge in [-0.05, 0) is 15.9 Å². The van der Waals surface area contributed by atoms with Gasteiger partial charge in [0.15, 0.2) is 0 Å². The van der Waals surface area contributed by atoms with Gasteiger partial charge in [-0.15, -0.1) is 0 Å². The number of nitrogens with zero attached hydrogens (tertiary/aromatic N) is 1. The van der Waals surface area contributed by atoms with Crippen LogP contribution in [0.15, 0.2) is 10.7 Å². The smallest absolute Gasteiger partial charge is 0.316 e. The normalized spacial score (nSPS) is 19.1. The zero-order chi connectivity index (χ0) is 10.3. The summed E-state index contributed by atoms with van der Waals surface area (Å²) in [5.74, 6) is -1.02. The van der Waals surface area contributed by atoms with E-state index in [1.54, 1.807) is 0 Å². The fourth-order valence-electron chi connectivity index (χ4n) is 1.66. The van der Waals surface area contributed by atoms with Gasteiger partial charge in [0.05, 0.1) is 16.4 Å². The maximum absolute atomic E-state index is 11.1. The summed E-state index contributed by atoms with van der Waals surface area (Å²) in [6.07, 6.45) is 1.58. The third kappa shape index (κ3) is 1.10. The van der Waals surface area contributed by atoms with Gasteiger partial charge in [-0.3, -0.25) is 14.7 Å². The first-order valence-corrected chi connectivity index (χ1v) is 4.80. The van der Waals surface area contributed by atoms with Gasteiger partial charge in [-0.25, -0.2) is 0 Å². The number of H-pyrrole nitrogens is 1. The average molecular weight is 259 g/mol. The van der Waals surface area contributed by atoms with E-state index in [9.17, 15) is 9.59 Å². The molecular weight excluding hydrogens is 252 g/mol. The lowest BCUT2D eigenvalue weighted by atomic mass is 9.66. The van der Waals surface area contributed by atoms with Gasteiger partial charge in [0.25, 0.3) is 0 Å². The van der Waals surface area contributed by atoms with Crippen molar-refractivity contribution in [2.45, 2.75) is 18.3 Å². The number of rotatable bonds is 2. The highest BCUT2D eigenvalue weighted by molar-refractivity contribution is 9.10. The van der Waals surface area contributed by atoms with Gasteiger partial charge in [0.2, 0.25) is 0 Å². The van der Waals surface area contributed by atoms with Crippen LogP contribution in [0.3, 0.4) is 0 Å². The molecule has 5 nitrogen and oxygen atoms in total. The van der Waals surface area contributed by atoms with Crippen LogP contribution in [0.5, 0.6) is 0 Å². The van der Waals surface area contributed by atoms with Crippen molar-refractivity contribution in [1.82, 2.24) is 10.2 Å². The zero-order valence-electron chi connectivity index (χ0n) is 7.08. The molecule has 1 heterocycles. The SMILES string of the molecule is O=C1CC(C(=O)O)(c2[nH]ncc2Br)C1. The molecule has 0 aromatic carbocycles. The maximum Gasteiger partial charge on any atom is 0.316 e. The first-order chi connectivity index (χ1) is 6.56. The molecule has 0 spiro atoms. The van der Waals surface area contributed by atoms with Gasteiger partial charge in [0.1, 0.15) is 11.2 Å². The third-order valence-corrected chi connectivity index (χ3v) is 3.08. The van der Waals surface area contributed by atoms with Gasteiger partial charge < -0.3 is 5.11 Å². The molecule has 1 aromatic heterocycles. The van der Waals surface area contributed by atoms with Crippen molar-refractivity contribution in [3.05, 3.63) is 16.4 Å². The number of aliphatic carboxylic acids is 1. The van der Waals surface area contributed by atoms with E-state index in [0.29, 0.717) is 10.2 Å². The first-order valence-electron chi connectivity index (χ1n) is 4.01. The molecule has 1 saturated carbocycles. The second-order valence-corrected chi connectivity index (χ2v) is 4.23. The number of aromatic amines is 1. The Balaban J connectivity index is 2.44. The standard InChI is InChI=1S/C8H7BrN2O3/c9-5-3-10-11-6(5)8(7(13)14)1-4(12)2-8/h3H,1-2H2,(H,10,11)(H,13,14). The molecule has 0 unspecified atom stereocenters. The number of ketones is 1. The van der Waals surface area contributed by atoms with Crippen LogP contribution >= 0.6 is 15.9 Å². The minimum absolute atomic E-state index is 0.0334. The Labute approximate surface area is 87.6 Å². The molecule has 0 radical (unpaired) electrons. The van der Waals surface area contributed by atoms with Gasteiger partial charge in [0, 0.05) is 12.8 Å². The number of halogens is 1. The monoisotopic (exact) mass is 258 g/mol. The summed E-state index contributed by atoms with van der Waals surface area (Å²) in [5, 5.41) is 15.4. The summed E-state index contributed by atoms with van der Waals surface area (Å²) in [6.45, 7) is 0. The second-order valence-electron chi connectivity index (χ2n) is 3.37. The van der Waals surface area contributed by atoms with Crippen molar-refractivity contribution in [2.75, 3.05) is 0 Å². The van der Waals surface area contributed by atoms with Gasteiger partial charge >= 0.3 is 5.97 Å². The summed E-state index contributed by atoms with van der Waals surface area (Å²) in [6, 6.07) is 0. The maximum atomic E-state index is 11.1. The number of Topliss-reactive ketones (excluding diaryl/α,β-unsaturated/α-hetero) is 1. The highest BCUT2D eigenvalue weighted by Gasteiger charge is 2.53. The molecule has 1 aromatic rings. The van der Waals surface area contributed by atoms with Crippen molar-refractivity contribution in [3.8, 4) is 0 Å². The van der Waals surface area contributed by atoms with E-state index >= 15 is 0 Å². The zero-order valence-corrected chi connectivity index (χ0v) is 8.67. The first kappa shape index (κ1) is 9.39. The Bertz CT molecular complexity index is 404. The Kier molecular flexibility index (Phi) is 1.95. The molecule has 0 bridgehead atoms. The number of carboxylic acids is 1. The fraction of sp³-hybridized carbons (Fsp3) is 0.375. The lowest BCUT2D eigenvalue weighted by molar-refractivity contribution is -0.153. The molecule has 2 rings (SSSR count). The van der Waals surface area contributed by atoms with E-state index in [2.05, 4.69) is 26.1 Å². The van der Waals surface area contributed by atoms with Gasteiger partial charge in [-0.2, -0.15) is 5.10 Å². The van der Waals surface area contributed by atoms with E-state index in [-0.39, 0.29) is 18.6 Å². The van der Waals surface area contributed by atoms with Crippen molar-refractivity contribution >= 4 is 27.7 Å². The molecule has 0 saturated heterocycles. The summed E-state index contributed by atoms with van der Waals surface area (Å²) in [5.41, 5.74) is -0.614. The molecule has 74 valence electrons. The molecule has 0 atom stereocenters.